The van der Waals surface area contributed by atoms with Crippen LogP contribution in [0.1, 0.15) is 37.7 Å². The molecule has 0 atom stereocenters. The molecule has 22 heavy (non-hydrogen) atoms. The second-order valence-electron chi connectivity index (χ2n) is 6.08. The summed E-state index contributed by atoms with van der Waals surface area (Å²) in [4.78, 5) is 2.56. The third-order valence-corrected chi connectivity index (χ3v) is 4.50. The van der Waals surface area contributed by atoms with Gasteiger partial charge < -0.3 is 4.90 Å². The average Bonchev–Trinajstić information content (AvgIpc) is 3.01. The van der Waals surface area contributed by atoms with Crippen LogP contribution < -0.4 is 11.5 Å². The van der Waals surface area contributed by atoms with Crippen LogP contribution in [0.25, 0.3) is 0 Å². The van der Waals surface area contributed by atoms with Gasteiger partial charge in [0, 0.05) is 5.02 Å². The first-order chi connectivity index (χ1) is 10.6. The van der Waals surface area contributed by atoms with Gasteiger partial charge in [-0.25, -0.2) is 0 Å². The van der Waals surface area contributed by atoms with Gasteiger partial charge >= 0.3 is 5.96 Å². The number of hydrogen-bond donors (Lipinski definition) is 2. The van der Waals surface area contributed by atoms with Gasteiger partial charge in [-0.2, -0.15) is 0 Å². The fourth-order valence-corrected chi connectivity index (χ4v) is 3.06. The van der Waals surface area contributed by atoms with Crippen molar-refractivity contribution in [2.75, 3.05) is 26.2 Å². The lowest BCUT2D eigenvalue weighted by Crippen LogP contribution is -2.36. The molecular formula is C17H28ClN4+. The smallest absolute Gasteiger partial charge is 0.303 e. The average molecular weight is 324 g/mol. The molecule has 2 rings (SSSR count). The molecule has 0 aromatic heterocycles. The molecule has 122 valence electrons. The number of likely N-dealkylation sites (tertiary alicyclic amines) is 1. The van der Waals surface area contributed by atoms with Crippen molar-refractivity contribution in [3.8, 4) is 0 Å². The summed E-state index contributed by atoms with van der Waals surface area (Å²) >= 11 is 5.91. The Morgan fingerprint density at radius 2 is 1.73 bits per heavy atom. The Morgan fingerprint density at radius 1 is 1.05 bits per heavy atom. The van der Waals surface area contributed by atoms with Gasteiger partial charge in [-0.1, -0.05) is 23.7 Å². The minimum Gasteiger partial charge on any atom is -0.303 e. The first-order valence-electron chi connectivity index (χ1n) is 8.25. The van der Waals surface area contributed by atoms with Crippen LogP contribution in [0, 0.1) is 0 Å². The van der Waals surface area contributed by atoms with Gasteiger partial charge in [0.1, 0.15) is 0 Å². The molecule has 0 amide bonds. The van der Waals surface area contributed by atoms with E-state index in [1.165, 1.54) is 50.9 Å². The maximum atomic E-state index is 5.91. The maximum Gasteiger partial charge on any atom is 0.341 e. The van der Waals surface area contributed by atoms with E-state index in [0.717, 1.165) is 24.5 Å². The third-order valence-electron chi connectivity index (χ3n) is 4.25. The van der Waals surface area contributed by atoms with E-state index < -0.39 is 0 Å². The lowest BCUT2D eigenvalue weighted by atomic mass is 10.2. The van der Waals surface area contributed by atoms with E-state index in [9.17, 15) is 0 Å². The molecule has 1 aliphatic rings. The highest BCUT2D eigenvalue weighted by Crippen LogP contribution is 2.11. The van der Waals surface area contributed by atoms with E-state index in [0.29, 0.717) is 5.96 Å². The predicted octanol–water partition coefficient (Wildman–Crippen LogP) is 2.39. The molecule has 0 saturated carbocycles. The van der Waals surface area contributed by atoms with Gasteiger partial charge in [-0.3, -0.25) is 16.0 Å². The molecule has 0 aliphatic carbocycles. The van der Waals surface area contributed by atoms with Crippen LogP contribution in [-0.4, -0.2) is 41.6 Å². The van der Waals surface area contributed by atoms with Crippen molar-refractivity contribution in [1.29, 1.82) is 0 Å². The number of nitrogens with zero attached hydrogens (tertiary/aromatic N) is 2. The molecule has 0 unspecified atom stereocenters. The molecular weight excluding hydrogens is 296 g/mol. The second-order valence-corrected chi connectivity index (χ2v) is 6.52. The summed E-state index contributed by atoms with van der Waals surface area (Å²) in [6.45, 7) is 5.45. The highest BCUT2D eigenvalue weighted by Gasteiger charge is 2.10. The topological polar surface area (TPSA) is 58.3 Å². The van der Waals surface area contributed by atoms with E-state index in [-0.39, 0.29) is 0 Å². The van der Waals surface area contributed by atoms with Crippen LogP contribution >= 0.6 is 11.6 Å². The molecule has 1 fully saturated rings. The summed E-state index contributed by atoms with van der Waals surface area (Å²) in [6.07, 6.45) is 6.35. The van der Waals surface area contributed by atoms with Gasteiger partial charge in [0.05, 0.1) is 13.1 Å². The molecule has 1 heterocycles. The molecule has 0 radical (unpaired) electrons. The van der Waals surface area contributed by atoms with Crippen molar-refractivity contribution < 1.29 is 4.58 Å². The third kappa shape index (κ3) is 5.85. The van der Waals surface area contributed by atoms with Crippen LogP contribution in [0.2, 0.25) is 5.02 Å². The lowest BCUT2D eigenvalue weighted by molar-refractivity contribution is -0.546. The Labute approximate surface area is 138 Å². The Balaban J connectivity index is 1.70. The molecule has 1 aliphatic heterocycles. The second kappa shape index (κ2) is 9.01. The number of rotatable bonds is 8. The van der Waals surface area contributed by atoms with E-state index in [1.54, 1.807) is 0 Å². The van der Waals surface area contributed by atoms with E-state index in [1.807, 2.05) is 28.8 Å². The summed E-state index contributed by atoms with van der Waals surface area (Å²) in [5, 5.41) is 0.752. The minimum absolute atomic E-state index is 0.398. The standard InChI is InChI=1S/C17H27ClN4/c18-16-8-6-15(7-9-16)14-22(17(19)20)13-3-1-2-10-21-11-4-5-12-21/h6-9H,1-5,10-14H2,(H3,19,20)/p+1. The highest BCUT2D eigenvalue weighted by atomic mass is 35.5. The first kappa shape index (κ1) is 17.1. The minimum atomic E-state index is 0.398. The largest absolute Gasteiger partial charge is 0.341 e. The quantitative estimate of drug-likeness (QED) is 0.334. The summed E-state index contributed by atoms with van der Waals surface area (Å²) in [7, 11) is 0. The Morgan fingerprint density at radius 3 is 2.36 bits per heavy atom. The summed E-state index contributed by atoms with van der Waals surface area (Å²) in [5.74, 6) is 0.398. The normalized spacial score (nSPS) is 15.1. The Hall–Kier alpha value is -1.26. The zero-order chi connectivity index (χ0) is 15.8. The van der Waals surface area contributed by atoms with Crippen LogP contribution in [0.15, 0.2) is 24.3 Å². The van der Waals surface area contributed by atoms with Crippen molar-refractivity contribution >= 4 is 17.6 Å². The highest BCUT2D eigenvalue weighted by molar-refractivity contribution is 6.30. The van der Waals surface area contributed by atoms with Crippen molar-refractivity contribution in [3.63, 3.8) is 0 Å². The fraction of sp³-hybridized carbons (Fsp3) is 0.588. The predicted molar refractivity (Wildman–Crippen MR) is 93.2 cm³/mol. The number of guanidine groups is 1. The van der Waals surface area contributed by atoms with Crippen LogP contribution in [-0.2, 0) is 6.54 Å². The molecule has 4 N–H and O–H groups in total. The van der Waals surface area contributed by atoms with Crippen molar-refractivity contribution in [3.05, 3.63) is 34.9 Å². The van der Waals surface area contributed by atoms with Crippen molar-refractivity contribution in [2.45, 2.75) is 38.6 Å². The molecule has 4 nitrogen and oxygen atoms in total. The molecule has 1 aromatic rings. The Bertz CT molecular complexity index is 474. The number of unbranched alkanes of at least 4 members (excludes halogenated alkanes) is 2. The van der Waals surface area contributed by atoms with Crippen molar-refractivity contribution in [2.24, 2.45) is 11.5 Å². The molecule has 1 aromatic carbocycles. The summed E-state index contributed by atoms with van der Waals surface area (Å²) in [5.41, 5.74) is 12.8. The SMILES string of the molecule is NC(N)=[N+](CCCCCN1CCCC1)Cc1ccc(Cl)cc1. The summed E-state index contributed by atoms with van der Waals surface area (Å²) in [6, 6.07) is 7.84. The van der Waals surface area contributed by atoms with Crippen LogP contribution in [0.5, 0.6) is 0 Å². The van der Waals surface area contributed by atoms with Crippen molar-refractivity contribution in [1.82, 2.24) is 4.90 Å². The first-order valence-corrected chi connectivity index (χ1v) is 8.62. The molecule has 5 heteroatoms. The van der Waals surface area contributed by atoms with Gasteiger partial charge in [-0.15, -0.1) is 0 Å². The maximum absolute atomic E-state index is 5.91. The van der Waals surface area contributed by atoms with Gasteiger partial charge in [0.2, 0.25) is 0 Å². The van der Waals surface area contributed by atoms with Crippen LogP contribution in [0.4, 0.5) is 0 Å². The molecule has 0 spiro atoms. The van der Waals surface area contributed by atoms with E-state index in [2.05, 4.69) is 4.90 Å². The van der Waals surface area contributed by atoms with Gasteiger partial charge in [0.15, 0.2) is 0 Å². The fourth-order valence-electron chi connectivity index (χ4n) is 2.93. The Kier molecular flexibility index (Phi) is 7.00. The summed E-state index contributed by atoms with van der Waals surface area (Å²) < 4.78 is 2.04. The number of halogens is 1. The monoisotopic (exact) mass is 323 g/mol. The van der Waals surface area contributed by atoms with Crippen LogP contribution in [0.3, 0.4) is 0 Å². The number of benzene rings is 1. The molecule has 0 bridgehead atoms. The number of hydrogen-bond acceptors (Lipinski definition) is 1. The molecule has 1 saturated heterocycles. The van der Waals surface area contributed by atoms with Gasteiger partial charge in [0.25, 0.3) is 0 Å². The van der Waals surface area contributed by atoms with E-state index >= 15 is 0 Å². The zero-order valence-corrected chi connectivity index (χ0v) is 14.1. The zero-order valence-electron chi connectivity index (χ0n) is 13.3. The van der Waals surface area contributed by atoms with Gasteiger partial charge in [-0.05, 0) is 69.4 Å². The van der Waals surface area contributed by atoms with E-state index in [4.69, 9.17) is 23.1 Å². The lowest BCUT2D eigenvalue weighted by Gasteiger charge is -2.14. The number of nitrogens with two attached hydrogens (primary N) is 2.